The molecule has 0 aromatic carbocycles. The number of thiophene rings is 1. The Morgan fingerprint density at radius 3 is 2.57 bits per heavy atom. The number of carbonyl (C=O) groups is 2. The van der Waals surface area contributed by atoms with Crippen molar-refractivity contribution in [1.29, 1.82) is 0 Å². The summed E-state index contributed by atoms with van der Waals surface area (Å²) in [4.78, 5) is 25.1. The number of alkyl halides is 3. The third-order valence-corrected chi connectivity index (χ3v) is 6.59. The molecule has 2 aliphatic heterocycles. The summed E-state index contributed by atoms with van der Waals surface area (Å²) in [5, 5.41) is 0. The Labute approximate surface area is 165 Å². The van der Waals surface area contributed by atoms with Gasteiger partial charge in [-0.15, -0.1) is 11.3 Å². The van der Waals surface area contributed by atoms with Gasteiger partial charge in [-0.05, 0) is 46.1 Å². The Hall–Kier alpha value is -1.61. The first-order chi connectivity index (χ1) is 12.9. The smallest absolute Gasteiger partial charge is 0.426 e. The van der Waals surface area contributed by atoms with Crippen molar-refractivity contribution in [3.63, 3.8) is 0 Å². The molecule has 0 N–H and O–H groups in total. The summed E-state index contributed by atoms with van der Waals surface area (Å²) in [6, 6.07) is -0.273. The van der Waals surface area contributed by atoms with E-state index in [1.54, 1.807) is 25.7 Å². The fraction of sp³-hybridized carbons (Fsp3) is 0.684. The van der Waals surface area contributed by atoms with E-state index in [1.807, 2.05) is 6.92 Å². The number of piperidine rings is 1. The quantitative estimate of drug-likeness (QED) is 0.616. The molecule has 1 amide bonds. The summed E-state index contributed by atoms with van der Waals surface area (Å²) < 4.78 is 51.7. The molecule has 156 valence electrons. The third kappa shape index (κ3) is 3.78. The molecule has 1 fully saturated rings. The number of likely N-dealkylation sites (tertiary alicyclic amines) is 1. The number of halogens is 3. The van der Waals surface area contributed by atoms with Crippen LogP contribution >= 0.6 is 11.3 Å². The van der Waals surface area contributed by atoms with E-state index >= 15 is 0 Å². The molecular formula is C19H24F3NO4S. The monoisotopic (exact) mass is 419 g/mol. The molecule has 3 rings (SSSR count). The van der Waals surface area contributed by atoms with Crippen molar-refractivity contribution in [2.45, 2.75) is 70.4 Å². The summed E-state index contributed by atoms with van der Waals surface area (Å²) in [6.07, 6.45) is -3.73. The van der Waals surface area contributed by atoms with Crippen LogP contribution in [0.4, 0.5) is 18.0 Å². The number of rotatable bonds is 1. The molecule has 0 aliphatic carbocycles. The first-order valence-corrected chi connectivity index (χ1v) is 10.0. The molecule has 28 heavy (non-hydrogen) atoms. The fourth-order valence-electron chi connectivity index (χ4n) is 3.98. The molecule has 0 radical (unpaired) electrons. The lowest BCUT2D eigenvalue weighted by atomic mass is 9.81. The molecule has 1 aromatic heterocycles. The molecule has 2 aliphatic rings. The standard InChI is InChI=1S/C19H24F3NO4S/c1-11-9-18(6-7-23(11)16(25)27-17(2,3)4)14-12(5-8-26-18)13(10-24)15(28-14)19(20,21)22/h10-11H,5-9H2,1-4H3/t11-,18+/m0/s1. The summed E-state index contributed by atoms with van der Waals surface area (Å²) in [5.41, 5.74) is -1.36. The molecule has 0 bridgehead atoms. The minimum Gasteiger partial charge on any atom is -0.444 e. The molecule has 5 nitrogen and oxygen atoms in total. The maximum Gasteiger partial charge on any atom is 0.426 e. The first-order valence-electron chi connectivity index (χ1n) is 9.20. The minimum atomic E-state index is -4.58. The van der Waals surface area contributed by atoms with Crippen LogP contribution in [0.2, 0.25) is 0 Å². The Morgan fingerprint density at radius 1 is 1.36 bits per heavy atom. The van der Waals surface area contributed by atoms with Crippen molar-refractivity contribution in [3.8, 4) is 0 Å². The maximum absolute atomic E-state index is 13.4. The van der Waals surface area contributed by atoms with Crippen LogP contribution in [0.25, 0.3) is 0 Å². The van der Waals surface area contributed by atoms with Crippen LogP contribution in [0.15, 0.2) is 0 Å². The van der Waals surface area contributed by atoms with Gasteiger partial charge in [0.05, 0.1) is 6.61 Å². The van der Waals surface area contributed by atoms with Gasteiger partial charge >= 0.3 is 12.3 Å². The zero-order valence-corrected chi connectivity index (χ0v) is 17.1. The Bertz CT molecular complexity index is 783. The summed E-state index contributed by atoms with van der Waals surface area (Å²) in [7, 11) is 0. The molecule has 1 aromatic rings. The largest absolute Gasteiger partial charge is 0.444 e. The van der Waals surface area contributed by atoms with E-state index < -0.39 is 28.3 Å². The molecule has 0 saturated carbocycles. The zero-order valence-electron chi connectivity index (χ0n) is 16.3. The maximum atomic E-state index is 13.4. The number of ether oxygens (including phenoxy) is 2. The van der Waals surface area contributed by atoms with Gasteiger partial charge < -0.3 is 14.4 Å². The SMILES string of the molecule is C[C@H]1C[C@@]2(CCN1C(=O)OC(C)(C)C)OCCc1c2sc(C(F)(F)F)c1C=O. The Balaban J connectivity index is 1.92. The number of aldehydes is 1. The summed E-state index contributed by atoms with van der Waals surface area (Å²) >= 11 is 0.605. The lowest BCUT2D eigenvalue weighted by Crippen LogP contribution is -2.53. The van der Waals surface area contributed by atoms with Gasteiger partial charge in [0.15, 0.2) is 6.29 Å². The van der Waals surface area contributed by atoms with Gasteiger partial charge in [-0.25, -0.2) is 4.79 Å². The van der Waals surface area contributed by atoms with Crippen LogP contribution in [-0.4, -0.2) is 42.1 Å². The van der Waals surface area contributed by atoms with Crippen molar-refractivity contribution in [3.05, 3.63) is 20.9 Å². The van der Waals surface area contributed by atoms with Crippen LogP contribution in [-0.2, 0) is 27.7 Å². The molecule has 0 unspecified atom stereocenters. The molecule has 3 heterocycles. The zero-order chi connectivity index (χ0) is 20.9. The van der Waals surface area contributed by atoms with Gasteiger partial charge in [-0.2, -0.15) is 13.2 Å². The fourth-order valence-corrected chi connectivity index (χ4v) is 5.35. The van der Waals surface area contributed by atoms with Gasteiger partial charge in [0.2, 0.25) is 0 Å². The number of hydrogen-bond donors (Lipinski definition) is 0. The molecule has 1 saturated heterocycles. The van der Waals surface area contributed by atoms with Crippen molar-refractivity contribution in [1.82, 2.24) is 4.90 Å². The van der Waals surface area contributed by atoms with Crippen LogP contribution in [0.3, 0.4) is 0 Å². The van der Waals surface area contributed by atoms with Crippen LogP contribution < -0.4 is 0 Å². The van der Waals surface area contributed by atoms with E-state index in [-0.39, 0.29) is 24.6 Å². The molecule has 1 spiro atoms. The predicted molar refractivity (Wildman–Crippen MR) is 97.7 cm³/mol. The Kier molecular flexibility index (Phi) is 5.29. The van der Waals surface area contributed by atoms with E-state index in [0.29, 0.717) is 47.4 Å². The van der Waals surface area contributed by atoms with Crippen LogP contribution in [0.1, 0.15) is 66.2 Å². The summed E-state index contributed by atoms with van der Waals surface area (Å²) in [5.74, 6) is 0. The van der Waals surface area contributed by atoms with Gasteiger partial charge in [0, 0.05) is 29.4 Å². The molecular weight excluding hydrogens is 395 g/mol. The second kappa shape index (κ2) is 7.02. The number of nitrogens with zero attached hydrogens (tertiary/aromatic N) is 1. The van der Waals surface area contributed by atoms with Crippen molar-refractivity contribution >= 4 is 23.7 Å². The average Bonchev–Trinajstić information content (AvgIpc) is 2.93. The summed E-state index contributed by atoms with van der Waals surface area (Å²) in [6.45, 7) is 7.74. The van der Waals surface area contributed by atoms with Gasteiger partial charge in [-0.3, -0.25) is 4.79 Å². The van der Waals surface area contributed by atoms with E-state index in [1.165, 1.54) is 0 Å². The van der Waals surface area contributed by atoms with Crippen molar-refractivity contribution < 1.29 is 32.2 Å². The number of amides is 1. The van der Waals surface area contributed by atoms with Crippen molar-refractivity contribution in [2.75, 3.05) is 13.2 Å². The molecule has 2 atom stereocenters. The highest BCUT2D eigenvalue weighted by Gasteiger charge is 2.49. The van der Waals surface area contributed by atoms with Crippen LogP contribution in [0, 0.1) is 0 Å². The van der Waals surface area contributed by atoms with Gasteiger partial charge in [0.1, 0.15) is 16.1 Å². The highest BCUT2D eigenvalue weighted by molar-refractivity contribution is 7.12. The van der Waals surface area contributed by atoms with E-state index in [9.17, 15) is 22.8 Å². The lowest BCUT2D eigenvalue weighted by molar-refractivity contribution is -0.134. The van der Waals surface area contributed by atoms with Gasteiger partial charge in [-0.1, -0.05) is 0 Å². The number of fused-ring (bicyclic) bond motifs is 2. The highest BCUT2D eigenvalue weighted by Crippen LogP contribution is 2.51. The van der Waals surface area contributed by atoms with Gasteiger partial charge in [0.25, 0.3) is 0 Å². The highest BCUT2D eigenvalue weighted by atomic mass is 32.1. The number of hydrogen-bond acceptors (Lipinski definition) is 5. The minimum absolute atomic E-state index is 0.251. The first kappa shape index (κ1) is 21.1. The Morgan fingerprint density at radius 2 is 2.04 bits per heavy atom. The topological polar surface area (TPSA) is 55.8 Å². The van der Waals surface area contributed by atoms with Crippen LogP contribution in [0.5, 0.6) is 0 Å². The molecule has 9 heteroatoms. The van der Waals surface area contributed by atoms with Crippen molar-refractivity contribution in [2.24, 2.45) is 0 Å². The second-order valence-corrected chi connectivity index (χ2v) is 9.36. The van der Waals surface area contributed by atoms with E-state index in [0.717, 1.165) is 0 Å². The lowest BCUT2D eigenvalue weighted by Gasteiger charge is -2.47. The third-order valence-electron chi connectivity index (χ3n) is 5.11. The van der Waals surface area contributed by atoms with E-state index in [2.05, 4.69) is 0 Å². The normalized spacial score (nSPS) is 25.5. The average molecular weight is 419 g/mol. The number of carbonyl (C=O) groups excluding carboxylic acids is 2. The second-order valence-electron chi connectivity index (χ2n) is 8.34. The predicted octanol–water partition coefficient (Wildman–Crippen LogP) is 4.77. The van der Waals surface area contributed by atoms with E-state index in [4.69, 9.17) is 9.47 Å².